The summed E-state index contributed by atoms with van der Waals surface area (Å²) < 4.78 is 7.14. The minimum atomic E-state index is -0.161. The Morgan fingerprint density at radius 3 is 2.75 bits per heavy atom. The summed E-state index contributed by atoms with van der Waals surface area (Å²) in [6, 6.07) is 18.9. The zero-order valence-corrected chi connectivity index (χ0v) is 18.0. The SMILES string of the molecule is Cc1cc(CSc2ccccc2C(=O)Nc2ccc(-c3cn4cccnc4n3)cc2)on1. The molecule has 0 aliphatic rings. The number of benzene rings is 2. The Morgan fingerprint density at radius 2 is 1.97 bits per heavy atom. The van der Waals surface area contributed by atoms with Crippen molar-refractivity contribution in [3.63, 3.8) is 0 Å². The molecule has 7 nitrogen and oxygen atoms in total. The fourth-order valence-corrected chi connectivity index (χ4v) is 4.23. The van der Waals surface area contributed by atoms with Crippen LogP contribution in [0.15, 0.2) is 88.7 Å². The third-order valence-corrected chi connectivity index (χ3v) is 5.95. The van der Waals surface area contributed by atoms with Gasteiger partial charge in [0.1, 0.15) is 5.76 Å². The van der Waals surface area contributed by atoms with Gasteiger partial charge in [-0.15, -0.1) is 11.8 Å². The second kappa shape index (κ2) is 8.68. The summed E-state index contributed by atoms with van der Waals surface area (Å²) in [6.45, 7) is 1.89. The molecule has 0 unspecified atom stereocenters. The molecule has 158 valence electrons. The lowest BCUT2D eigenvalue weighted by Gasteiger charge is -2.10. The molecule has 0 aliphatic heterocycles. The van der Waals surface area contributed by atoms with Gasteiger partial charge >= 0.3 is 0 Å². The van der Waals surface area contributed by atoms with Crippen LogP contribution in [0.5, 0.6) is 0 Å². The highest BCUT2D eigenvalue weighted by Gasteiger charge is 2.13. The summed E-state index contributed by atoms with van der Waals surface area (Å²) >= 11 is 1.54. The van der Waals surface area contributed by atoms with E-state index in [4.69, 9.17) is 4.52 Å². The molecular formula is C24H19N5O2S. The fourth-order valence-electron chi connectivity index (χ4n) is 3.31. The van der Waals surface area contributed by atoms with Crippen LogP contribution in [0.4, 0.5) is 5.69 Å². The van der Waals surface area contributed by atoms with Crippen LogP contribution in [0.25, 0.3) is 17.0 Å². The highest BCUT2D eigenvalue weighted by molar-refractivity contribution is 7.98. The highest BCUT2D eigenvalue weighted by Crippen LogP contribution is 2.28. The molecule has 5 rings (SSSR count). The van der Waals surface area contributed by atoms with Crippen LogP contribution in [0, 0.1) is 6.92 Å². The molecule has 1 amide bonds. The predicted molar refractivity (Wildman–Crippen MR) is 124 cm³/mol. The molecule has 0 aliphatic carbocycles. The van der Waals surface area contributed by atoms with Crippen LogP contribution in [-0.4, -0.2) is 25.4 Å². The van der Waals surface area contributed by atoms with Gasteiger partial charge in [-0.3, -0.25) is 9.20 Å². The molecule has 3 aromatic heterocycles. The van der Waals surface area contributed by atoms with Crippen molar-refractivity contribution in [2.75, 3.05) is 5.32 Å². The van der Waals surface area contributed by atoms with Gasteiger partial charge < -0.3 is 9.84 Å². The number of hydrogen-bond donors (Lipinski definition) is 1. The van der Waals surface area contributed by atoms with Gasteiger partial charge in [-0.05, 0) is 37.3 Å². The number of nitrogens with zero attached hydrogens (tertiary/aromatic N) is 4. The van der Waals surface area contributed by atoms with Crippen molar-refractivity contribution in [3.05, 3.63) is 96.3 Å². The number of imidazole rings is 1. The van der Waals surface area contributed by atoms with Crippen molar-refractivity contribution in [2.24, 2.45) is 0 Å². The van der Waals surface area contributed by atoms with Gasteiger partial charge in [-0.25, -0.2) is 9.97 Å². The Hall–Kier alpha value is -3.91. The molecule has 32 heavy (non-hydrogen) atoms. The van der Waals surface area contributed by atoms with Crippen molar-refractivity contribution in [2.45, 2.75) is 17.6 Å². The van der Waals surface area contributed by atoms with E-state index in [1.165, 1.54) is 0 Å². The molecule has 0 spiro atoms. The maximum absolute atomic E-state index is 12.9. The first-order valence-corrected chi connectivity index (χ1v) is 11.0. The number of carbonyl (C=O) groups excluding carboxylic acids is 1. The number of carbonyl (C=O) groups is 1. The number of aromatic nitrogens is 4. The zero-order valence-electron chi connectivity index (χ0n) is 17.2. The summed E-state index contributed by atoms with van der Waals surface area (Å²) in [7, 11) is 0. The normalized spacial score (nSPS) is 11.0. The largest absolute Gasteiger partial charge is 0.360 e. The van der Waals surface area contributed by atoms with Gasteiger partial charge in [0, 0.05) is 40.8 Å². The van der Waals surface area contributed by atoms with Gasteiger partial charge in [0.2, 0.25) is 5.78 Å². The van der Waals surface area contributed by atoms with Crippen molar-refractivity contribution in [1.29, 1.82) is 0 Å². The number of thioether (sulfide) groups is 1. The average molecular weight is 442 g/mol. The van der Waals surface area contributed by atoms with Crippen LogP contribution in [-0.2, 0) is 5.75 Å². The lowest BCUT2D eigenvalue weighted by molar-refractivity contribution is 0.102. The Morgan fingerprint density at radius 1 is 1.12 bits per heavy atom. The lowest BCUT2D eigenvalue weighted by Crippen LogP contribution is -2.12. The molecule has 5 aromatic rings. The number of hydrogen-bond acceptors (Lipinski definition) is 6. The van der Waals surface area contributed by atoms with E-state index in [1.807, 2.05) is 84.4 Å². The van der Waals surface area contributed by atoms with E-state index < -0.39 is 0 Å². The van der Waals surface area contributed by atoms with E-state index in [-0.39, 0.29) is 5.91 Å². The number of aryl methyl sites for hydroxylation is 1. The first-order chi connectivity index (χ1) is 15.7. The van der Waals surface area contributed by atoms with Crippen molar-refractivity contribution in [1.82, 2.24) is 19.5 Å². The molecular weight excluding hydrogens is 422 g/mol. The minimum absolute atomic E-state index is 0.161. The lowest BCUT2D eigenvalue weighted by atomic mass is 10.1. The molecule has 1 N–H and O–H groups in total. The summed E-state index contributed by atoms with van der Waals surface area (Å²) in [4.78, 5) is 22.6. The fraction of sp³-hybridized carbons (Fsp3) is 0.0833. The quantitative estimate of drug-likeness (QED) is 0.363. The first-order valence-electron chi connectivity index (χ1n) is 10.0. The molecule has 0 saturated carbocycles. The second-order valence-electron chi connectivity index (χ2n) is 7.20. The van der Waals surface area contributed by atoms with Crippen molar-refractivity contribution in [3.8, 4) is 11.3 Å². The van der Waals surface area contributed by atoms with Gasteiger partial charge in [0.25, 0.3) is 5.91 Å². The maximum Gasteiger partial charge on any atom is 0.256 e. The highest BCUT2D eigenvalue weighted by atomic mass is 32.2. The summed E-state index contributed by atoms with van der Waals surface area (Å²) in [5, 5.41) is 6.89. The zero-order chi connectivity index (χ0) is 21.9. The van der Waals surface area contributed by atoms with Crippen molar-refractivity contribution >= 4 is 29.1 Å². The molecule has 3 heterocycles. The molecule has 0 radical (unpaired) electrons. The monoisotopic (exact) mass is 441 g/mol. The van der Waals surface area contributed by atoms with Crippen LogP contribution in [0.2, 0.25) is 0 Å². The number of fused-ring (bicyclic) bond motifs is 1. The van der Waals surface area contributed by atoms with E-state index in [9.17, 15) is 4.79 Å². The number of nitrogens with one attached hydrogen (secondary N) is 1. The van der Waals surface area contributed by atoms with E-state index in [2.05, 4.69) is 20.4 Å². The van der Waals surface area contributed by atoms with Crippen molar-refractivity contribution < 1.29 is 9.32 Å². The maximum atomic E-state index is 12.9. The second-order valence-corrected chi connectivity index (χ2v) is 8.22. The summed E-state index contributed by atoms with van der Waals surface area (Å²) in [6.07, 6.45) is 5.55. The van der Waals surface area contributed by atoms with E-state index >= 15 is 0 Å². The van der Waals surface area contributed by atoms with E-state index in [1.54, 1.807) is 18.0 Å². The number of rotatable bonds is 6. The van der Waals surface area contributed by atoms with Crippen LogP contribution in [0.3, 0.4) is 0 Å². The van der Waals surface area contributed by atoms with Crippen LogP contribution < -0.4 is 5.32 Å². The van der Waals surface area contributed by atoms with Gasteiger partial charge in [-0.1, -0.05) is 29.4 Å². The number of anilines is 1. The Bertz CT molecular complexity index is 1360. The summed E-state index contributed by atoms with van der Waals surface area (Å²) in [5.74, 6) is 1.87. The van der Waals surface area contributed by atoms with E-state index in [0.29, 0.717) is 22.8 Å². The third kappa shape index (κ3) is 4.26. The smallest absolute Gasteiger partial charge is 0.256 e. The third-order valence-electron chi connectivity index (χ3n) is 4.85. The average Bonchev–Trinajstić information content (AvgIpc) is 3.44. The van der Waals surface area contributed by atoms with Gasteiger partial charge in [-0.2, -0.15) is 0 Å². The van der Waals surface area contributed by atoms with E-state index in [0.717, 1.165) is 27.6 Å². The van der Waals surface area contributed by atoms with Crippen LogP contribution in [0.1, 0.15) is 21.8 Å². The molecule has 2 aromatic carbocycles. The topological polar surface area (TPSA) is 85.3 Å². The predicted octanol–water partition coefficient (Wildman–Crippen LogP) is 5.24. The minimum Gasteiger partial charge on any atom is -0.360 e. The molecule has 0 saturated heterocycles. The van der Waals surface area contributed by atoms with Gasteiger partial charge in [0.05, 0.1) is 22.7 Å². The Balaban J connectivity index is 1.29. The summed E-state index contributed by atoms with van der Waals surface area (Å²) in [5.41, 5.74) is 3.95. The van der Waals surface area contributed by atoms with Crippen LogP contribution >= 0.6 is 11.8 Å². The first kappa shape index (κ1) is 20.0. The molecule has 0 atom stereocenters. The molecule has 0 fully saturated rings. The van der Waals surface area contributed by atoms with Gasteiger partial charge in [0.15, 0.2) is 0 Å². The standard InChI is InChI=1S/C24H19N5O2S/c1-16-13-19(31-28-16)15-32-22-6-3-2-5-20(22)23(30)26-18-9-7-17(8-10-18)21-14-29-12-4-11-25-24(29)27-21/h2-14H,15H2,1H3,(H,26,30). The molecule has 0 bridgehead atoms. The Kier molecular flexibility index (Phi) is 5.43. The molecule has 8 heteroatoms. The number of amides is 1. The Labute approximate surface area is 188 Å².